The first kappa shape index (κ1) is 14.5. The summed E-state index contributed by atoms with van der Waals surface area (Å²) in [5, 5.41) is 21.8. The fourth-order valence-corrected chi connectivity index (χ4v) is 7.23. The Labute approximate surface area is 129 Å². The summed E-state index contributed by atoms with van der Waals surface area (Å²) in [6.45, 7) is 4.74. The summed E-state index contributed by atoms with van der Waals surface area (Å²) in [4.78, 5) is 0. The molecule has 2 N–H and O–H groups in total. The van der Waals surface area contributed by atoms with Crippen molar-refractivity contribution >= 4 is 0 Å². The van der Waals surface area contributed by atoms with Crippen LogP contribution < -0.4 is 0 Å². The number of fused-ring (bicyclic) bond motifs is 5. The van der Waals surface area contributed by atoms with E-state index < -0.39 is 5.60 Å². The zero-order valence-corrected chi connectivity index (χ0v) is 13.8. The third-order valence-electron chi connectivity index (χ3n) is 8.70. The molecule has 0 amide bonds. The molecule has 7 atom stereocenters. The number of aliphatic hydroxyl groups is 2. The molecule has 120 valence electrons. The molecule has 2 heteroatoms. The molecule has 0 spiro atoms. The van der Waals surface area contributed by atoms with Gasteiger partial charge in [0.2, 0.25) is 0 Å². The van der Waals surface area contributed by atoms with Gasteiger partial charge in [0.25, 0.3) is 0 Å². The van der Waals surface area contributed by atoms with Crippen molar-refractivity contribution in [3.63, 3.8) is 0 Å². The Balaban J connectivity index is 1.68. The highest BCUT2D eigenvalue weighted by atomic mass is 16.3. The lowest BCUT2D eigenvalue weighted by atomic mass is 9.44. The lowest BCUT2D eigenvalue weighted by Crippen LogP contribution is -2.61. The van der Waals surface area contributed by atoms with Crippen LogP contribution in [0.5, 0.6) is 0 Å². The summed E-state index contributed by atoms with van der Waals surface area (Å²) in [7, 11) is 0. The number of rotatable bonds is 0. The minimum atomic E-state index is -0.391. The molecule has 4 fully saturated rings. The predicted molar refractivity (Wildman–Crippen MR) is 83.8 cm³/mol. The largest absolute Gasteiger partial charge is 0.393 e. The molecule has 0 heterocycles. The maximum atomic E-state index is 11.3. The van der Waals surface area contributed by atoms with E-state index in [0.29, 0.717) is 11.8 Å². The van der Waals surface area contributed by atoms with Crippen LogP contribution in [0.3, 0.4) is 0 Å². The molecule has 0 saturated heterocycles. The maximum Gasteiger partial charge on any atom is 0.0703 e. The zero-order chi connectivity index (χ0) is 14.9. The van der Waals surface area contributed by atoms with E-state index in [4.69, 9.17) is 0 Å². The minimum Gasteiger partial charge on any atom is -0.393 e. The maximum absolute atomic E-state index is 11.3. The van der Waals surface area contributed by atoms with E-state index in [1.54, 1.807) is 0 Å². The molecule has 0 aromatic heterocycles. The van der Waals surface area contributed by atoms with Gasteiger partial charge >= 0.3 is 0 Å². The average molecular weight is 292 g/mol. The minimum absolute atomic E-state index is 0.0802. The van der Waals surface area contributed by atoms with Crippen LogP contribution in [0.1, 0.15) is 78.1 Å². The normalized spacial score (nSPS) is 60.0. The molecule has 0 unspecified atom stereocenters. The second-order valence-electron chi connectivity index (χ2n) is 9.21. The van der Waals surface area contributed by atoms with Crippen LogP contribution in [0.2, 0.25) is 0 Å². The summed E-state index contributed by atoms with van der Waals surface area (Å²) in [6, 6.07) is 0. The standard InChI is InChI=1S/C19H32O2/c1-17-11-8-15-13(14(17)5-6-16(17)20)7-12-19(21)10-4-3-9-18(15,19)2/h13-16,20-21H,3-12H2,1-2H3/t13-,14+,15-,16+,17-,18+,19-/m0/s1. The van der Waals surface area contributed by atoms with E-state index in [1.165, 1.54) is 44.9 Å². The molecular formula is C19H32O2. The van der Waals surface area contributed by atoms with Gasteiger partial charge in [-0.2, -0.15) is 0 Å². The summed E-state index contributed by atoms with van der Waals surface area (Å²) < 4.78 is 0. The third-order valence-corrected chi connectivity index (χ3v) is 8.70. The molecule has 0 aromatic carbocycles. The van der Waals surface area contributed by atoms with Crippen LogP contribution in [0.4, 0.5) is 0 Å². The van der Waals surface area contributed by atoms with Gasteiger partial charge in [0.1, 0.15) is 0 Å². The van der Waals surface area contributed by atoms with Crippen LogP contribution in [0, 0.1) is 28.6 Å². The Morgan fingerprint density at radius 2 is 1.57 bits per heavy atom. The van der Waals surface area contributed by atoms with Gasteiger partial charge in [-0.25, -0.2) is 0 Å². The molecule has 4 saturated carbocycles. The molecule has 0 aliphatic heterocycles. The van der Waals surface area contributed by atoms with Crippen LogP contribution in [0.25, 0.3) is 0 Å². The van der Waals surface area contributed by atoms with Crippen molar-refractivity contribution in [2.24, 2.45) is 28.6 Å². The number of hydrogen-bond acceptors (Lipinski definition) is 2. The molecule has 21 heavy (non-hydrogen) atoms. The Hall–Kier alpha value is -0.0800. The van der Waals surface area contributed by atoms with E-state index in [0.717, 1.165) is 25.2 Å². The summed E-state index contributed by atoms with van der Waals surface area (Å²) in [5.41, 5.74) is -0.0813. The third kappa shape index (κ3) is 1.72. The first-order valence-corrected chi connectivity index (χ1v) is 9.31. The topological polar surface area (TPSA) is 40.5 Å². The van der Waals surface area contributed by atoms with Crippen molar-refractivity contribution in [2.45, 2.75) is 89.8 Å². The van der Waals surface area contributed by atoms with Gasteiger partial charge in [0.05, 0.1) is 11.7 Å². The number of hydrogen-bond donors (Lipinski definition) is 2. The molecule has 4 aliphatic rings. The molecule has 0 bridgehead atoms. The van der Waals surface area contributed by atoms with Gasteiger partial charge in [-0.1, -0.05) is 26.7 Å². The van der Waals surface area contributed by atoms with Gasteiger partial charge in [-0.3, -0.25) is 0 Å². The highest BCUT2D eigenvalue weighted by Crippen LogP contribution is 2.67. The SMILES string of the molecule is C[C@]12CC[C@H]3[C@@H](CC[C@@]4(O)CCCC[C@]34C)[C@H]1CC[C@H]2O. The summed E-state index contributed by atoms with van der Waals surface area (Å²) in [6.07, 6.45) is 11.5. The first-order chi connectivity index (χ1) is 9.91. The van der Waals surface area contributed by atoms with Gasteiger partial charge in [-0.05, 0) is 80.0 Å². The Bertz CT molecular complexity index is 435. The second kappa shape index (κ2) is 4.47. The van der Waals surface area contributed by atoms with Crippen LogP contribution in [0.15, 0.2) is 0 Å². The smallest absolute Gasteiger partial charge is 0.0703 e. The van der Waals surface area contributed by atoms with Crippen LogP contribution >= 0.6 is 0 Å². The van der Waals surface area contributed by atoms with Crippen molar-refractivity contribution in [2.75, 3.05) is 0 Å². The molecule has 2 nitrogen and oxygen atoms in total. The van der Waals surface area contributed by atoms with E-state index >= 15 is 0 Å². The quantitative estimate of drug-likeness (QED) is 0.711. The molecule has 4 rings (SSSR count). The first-order valence-electron chi connectivity index (χ1n) is 9.31. The van der Waals surface area contributed by atoms with E-state index in [-0.39, 0.29) is 16.9 Å². The Morgan fingerprint density at radius 1 is 0.810 bits per heavy atom. The van der Waals surface area contributed by atoms with Crippen LogP contribution in [-0.4, -0.2) is 21.9 Å². The van der Waals surface area contributed by atoms with E-state index in [2.05, 4.69) is 13.8 Å². The summed E-state index contributed by atoms with van der Waals surface area (Å²) >= 11 is 0. The van der Waals surface area contributed by atoms with Crippen molar-refractivity contribution in [1.29, 1.82) is 0 Å². The Kier molecular flexibility index (Phi) is 3.09. The molecule has 4 aliphatic carbocycles. The van der Waals surface area contributed by atoms with Gasteiger partial charge in [0, 0.05) is 0 Å². The predicted octanol–water partition coefficient (Wildman–Crippen LogP) is 3.90. The Morgan fingerprint density at radius 3 is 2.38 bits per heavy atom. The monoisotopic (exact) mass is 292 g/mol. The molecular weight excluding hydrogens is 260 g/mol. The van der Waals surface area contributed by atoms with Gasteiger partial charge in [0.15, 0.2) is 0 Å². The molecule has 0 aromatic rings. The number of aliphatic hydroxyl groups excluding tert-OH is 1. The van der Waals surface area contributed by atoms with Crippen molar-refractivity contribution in [3.05, 3.63) is 0 Å². The average Bonchev–Trinajstić information content (AvgIpc) is 2.76. The highest BCUT2D eigenvalue weighted by Gasteiger charge is 2.63. The van der Waals surface area contributed by atoms with Crippen molar-refractivity contribution in [1.82, 2.24) is 0 Å². The van der Waals surface area contributed by atoms with Gasteiger partial charge in [-0.15, -0.1) is 0 Å². The van der Waals surface area contributed by atoms with Gasteiger partial charge < -0.3 is 10.2 Å². The summed E-state index contributed by atoms with van der Waals surface area (Å²) in [5.74, 6) is 2.15. The second-order valence-corrected chi connectivity index (χ2v) is 9.21. The van der Waals surface area contributed by atoms with E-state index in [9.17, 15) is 10.2 Å². The van der Waals surface area contributed by atoms with E-state index in [1.807, 2.05) is 0 Å². The lowest BCUT2D eigenvalue weighted by Gasteiger charge is -2.63. The zero-order valence-electron chi connectivity index (χ0n) is 13.8. The molecule has 0 radical (unpaired) electrons. The highest BCUT2D eigenvalue weighted by molar-refractivity contribution is 5.13. The fraction of sp³-hybridized carbons (Fsp3) is 1.00. The van der Waals surface area contributed by atoms with Crippen LogP contribution in [-0.2, 0) is 0 Å². The fourth-order valence-electron chi connectivity index (χ4n) is 7.23. The lowest BCUT2D eigenvalue weighted by molar-refractivity contribution is -0.206. The van der Waals surface area contributed by atoms with Crippen molar-refractivity contribution < 1.29 is 10.2 Å². The van der Waals surface area contributed by atoms with Crippen molar-refractivity contribution in [3.8, 4) is 0 Å².